The molecule has 2 N–H and O–H groups in total. The van der Waals surface area contributed by atoms with Crippen LogP contribution in [0, 0.1) is 0 Å². The van der Waals surface area contributed by atoms with Crippen molar-refractivity contribution < 1.29 is 14.3 Å². The lowest BCUT2D eigenvalue weighted by atomic mass is 10.1. The predicted octanol–water partition coefficient (Wildman–Crippen LogP) is 2.33. The van der Waals surface area contributed by atoms with Crippen LogP contribution in [0.5, 0.6) is 5.75 Å². The summed E-state index contributed by atoms with van der Waals surface area (Å²) in [7, 11) is 0. The summed E-state index contributed by atoms with van der Waals surface area (Å²) in [6, 6.07) is 5.76. The molecule has 1 aromatic rings. The summed E-state index contributed by atoms with van der Waals surface area (Å²) in [6.07, 6.45) is 2.89. The summed E-state index contributed by atoms with van der Waals surface area (Å²) >= 11 is 6.19. The van der Waals surface area contributed by atoms with Crippen molar-refractivity contribution in [2.75, 3.05) is 19.8 Å². The molecule has 1 aliphatic rings. The van der Waals surface area contributed by atoms with Crippen LogP contribution in [-0.4, -0.2) is 25.9 Å². The second-order valence-electron chi connectivity index (χ2n) is 4.34. The summed E-state index contributed by atoms with van der Waals surface area (Å²) in [6.45, 7) is 1.94. The molecule has 1 fully saturated rings. The van der Waals surface area contributed by atoms with E-state index < -0.39 is 0 Å². The van der Waals surface area contributed by atoms with Crippen molar-refractivity contribution in [3.63, 3.8) is 0 Å². The smallest absolute Gasteiger partial charge is 0.138 e. The SMILES string of the molecule is NOCCc1ccc(OC2CCCOC2)c(Cl)c1. The van der Waals surface area contributed by atoms with Gasteiger partial charge in [0.05, 0.1) is 18.2 Å². The highest BCUT2D eigenvalue weighted by molar-refractivity contribution is 6.32. The van der Waals surface area contributed by atoms with Gasteiger partial charge in [-0.25, -0.2) is 5.90 Å². The zero-order valence-electron chi connectivity index (χ0n) is 10.2. The Kier molecular flexibility index (Phi) is 5.26. The highest BCUT2D eigenvalue weighted by Gasteiger charge is 2.16. The molecule has 0 amide bonds. The average Bonchev–Trinajstić information content (AvgIpc) is 2.40. The lowest BCUT2D eigenvalue weighted by molar-refractivity contribution is 0.00746. The summed E-state index contributed by atoms with van der Waals surface area (Å²) in [5, 5.41) is 0.620. The molecular weight excluding hydrogens is 254 g/mol. The van der Waals surface area contributed by atoms with Crippen LogP contribution in [0.4, 0.5) is 0 Å². The Morgan fingerprint density at radius 2 is 2.33 bits per heavy atom. The molecule has 1 unspecified atom stereocenters. The fraction of sp³-hybridized carbons (Fsp3) is 0.538. The standard InChI is InChI=1S/C13H18ClNO3/c14-12-8-10(5-7-17-15)3-4-13(12)18-11-2-1-6-16-9-11/h3-4,8,11H,1-2,5-7,9,15H2. The van der Waals surface area contributed by atoms with Crippen LogP contribution < -0.4 is 10.6 Å². The number of ether oxygens (including phenoxy) is 2. The Morgan fingerprint density at radius 3 is 3.00 bits per heavy atom. The van der Waals surface area contributed by atoms with E-state index in [0.29, 0.717) is 24.0 Å². The van der Waals surface area contributed by atoms with Crippen molar-refractivity contribution in [1.29, 1.82) is 0 Å². The van der Waals surface area contributed by atoms with Crippen molar-refractivity contribution in [2.24, 2.45) is 5.90 Å². The lowest BCUT2D eigenvalue weighted by Gasteiger charge is -2.23. The Hall–Kier alpha value is -0.810. The van der Waals surface area contributed by atoms with Gasteiger partial charge in [0.2, 0.25) is 0 Å². The number of benzene rings is 1. The Balaban J connectivity index is 1.95. The van der Waals surface area contributed by atoms with Crippen molar-refractivity contribution >= 4 is 11.6 Å². The first-order valence-electron chi connectivity index (χ1n) is 6.14. The summed E-state index contributed by atoms with van der Waals surface area (Å²) in [5.41, 5.74) is 1.08. The summed E-state index contributed by atoms with van der Waals surface area (Å²) in [4.78, 5) is 4.55. The molecule has 0 spiro atoms. The van der Waals surface area contributed by atoms with E-state index in [1.807, 2.05) is 18.2 Å². The van der Waals surface area contributed by atoms with Gasteiger partial charge in [0.15, 0.2) is 0 Å². The van der Waals surface area contributed by atoms with E-state index in [1.54, 1.807) is 0 Å². The van der Waals surface area contributed by atoms with Gasteiger partial charge in [0, 0.05) is 6.61 Å². The Labute approximate surface area is 112 Å². The largest absolute Gasteiger partial charge is 0.486 e. The number of rotatable bonds is 5. The molecule has 0 radical (unpaired) electrons. The van der Waals surface area contributed by atoms with E-state index in [-0.39, 0.29) is 6.10 Å². The highest BCUT2D eigenvalue weighted by Crippen LogP contribution is 2.28. The van der Waals surface area contributed by atoms with Gasteiger partial charge in [0.25, 0.3) is 0 Å². The third kappa shape index (κ3) is 3.85. The normalized spacial score (nSPS) is 19.8. The fourth-order valence-corrected chi connectivity index (χ4v) is 2.20. The maximum Gasteiger partial charge on any atom is 0.138 e. The van der Waals surface area contributed by atoms with E-state index in [4.69, 9.17) is 27.0 Å². The van der Waals surface area contributed by atoms with Gasteiger partial charge in [-0.3, -0.25) is 0 Å². The minimum Gasteiger partial charge on any atom is -0.486 e. The van der Waals surface area contributed by atoms with Crippen LogP contribution in [0.25, 0.3) is 0 Å². The molecule has 0 bridgehead atoms. The molecule has 1 saturated heterocycles. The maximum atomic E-state index is 6.19. The Morgan fingerprint density at radius 1 is 1.44 bits per heavy atom. The lowest BCUT2D eigenvalue weighted by Crippen LogP contribution is -2.28. The van der Waals surface area contributed by atoms with Crippen molar-refractivity contribution in [3.8, 4) is 5.75 Å². The first kappa shape index (κ1) is 13.6. The third-order valence-electron chi connectivity index (χ3n) is 2.92. The molecule has 18 heavy (non-hydrogen) atoms. The molecule has 0 aliphatic carbocycles. The van der Waals surface area contributed by atoms with Crippen molar-refractivity contribution in [3.05, 3.63) is 28.8 Å². The Bertz CT molecular complexity index is 380. The average molecular weight is 272 g/mol. The van der Waals surface area contributed by atoms with Gasteiger partial charge < -0.3 is 14.3 Å². The zero-order chi connectivity index (χ0) is 12.8. The minimum atomic E-state index is 0.106. The molecule has 0 aromatic heterocycles. The number of halogens is 1. The van der Waals surface area contributed by atoms with E-state index in [0.717, 1.165) is 31.4 Å². The summed E-state index contributed by atoms with van der Waals surface area (Å²) < 4.78 is 11.2. The minimum absolute atomic E-state index is 0.106. The van der Waals surface area contributed by atoms with E-state index in [9.17, 15) is 0 Å². The molecule has 2 rings (SSSR count). The van der Waals surface area contributed by atoms with Crippen LogP contribution in [0.3, 0.4) is 0 Å². The van der Waals surface area contributed by atoms with Crippen molar-refractivity contribution in [2.45, 2.75) is 25.4 Å². The molecule has 4 nitrogen and oxygen atoms in total. The number of hydrogen-bond acceptors (Lipinski definition) is 4. The van der Waals surface area contributed by atoms with Crippen LogP contribution in [0.15, 0.2) is 18.2 Å². The molecular formula is C13H18ClNO3. The molecule has 0 saturated carbocycles. The molecule has 5 heteroatoms. The van der Waals surface area contributed by atoms with Gasteiger partial charge in [-0.15, -0.1) is 0 Å². The van der Waals surface area contributed by atoms with E-state index in [1.165, 1.54) is 0 Å². The molecule has 1 atom stereocenters. The van der Waals surface area contributed by atoms with Gasteiger partial charge in [-0.05, 0) is 37.0 Å². The van der Waals surface area contributed by atoms with Crippen LogP contribution in [0.1, 0.15) is 18.4 Å². The molecule has 1 aliphatic heterocycles. The molecule has 1 aromatic carbocycles. The second-order valence-corrected chi connectivity index (χ2v) is 4.75. The van der Waals surface area contributed by atoms with E-state index in [2.05, 4.69) is 4.84 Å². The van der Waals surface area contributed by atoms with Crippen LogP contribution in [0.2, 0.25) is 5.02 Å². The number of nitrogens with two attached hydrogens (primary N) is 1. The van der Waals surface area contributed by atoms with Crippen molar-refractivity contribution in [1.82, 2.24) is 0 Å². The summed E-state index contributed by atoms with van der Waals surface area (Å²) in [5.74, 6) is 5.71. The van der Waals surface area contributed by atoms with Gasteiger partial charge >= 0.3 is 0 Å². The first-order valence-corrected chi connectivity index (χ1v) is 6.52. The van der Waals surface area contributed by atoms with Crippen LogP contribution >= 0.6 is 11.6 Å². The van der Waals surface area contributed by atoms with Gasteiger partial charge in [-0.2, -0.15) is 0 Å². The fourth-order valence-electron chi connectivity index (χ4n) is 1.96. The maximum absolute atomic E-state index is 6.19. The second kappa shape index (κ2) is 6.95. The monoisotopic (exact) mass is 271 g/mol. The van der Waals surface area contributed by atoms with Crippen LogP contribution in [-0.2, 0) is 16.0 Å². The topological polar surface area (TPSA) is 53.7 Å². The number of hydrogen-bond donors (Lipinski definition) is 1. The quantitative estimate of drug-likeness (QED) is 0.835. The van der Waals surface area contributed by atoms with Gasteiger partial charge in [0.1, 0.15) is 11.9 Å². The van der Waals surface area contributed by atoms with Gasteiger partial charge in [-0.1, -0.05) is 17.7 Å². The highest BCUT2D eigenvalue weighted by atomic mass is 35.5. The molecule has 100 valence electrons. The third-order valence-corrected chi connectivity index (χ3v) is 3.21. The van der Waals surface area contributed by atoms with E-state index >= 15 is 0 Å². The first-order chi connectivity index (χ1) is 8.79. The molecule has 1 heterocycles. The zero-order valence-corrected chi connectivity index (χ0v) is 11.0. The predicted molar refractivity (Wildman–Crippen MR) is 69.8 cm³/mol.